The number of hydrogen-bond donors (Lipinski definition) is 2. The molecule has 0 aliphatic rings. The van der Waals surface area contributed by atoms with Crippen molar-refractivity contribution in [3.8, 4) is 6.07 Å². The summed E-state index contributed by atoms with van der Waals surface area (Å²) in [6.07, 6.45) is 0. The highest BCUT2D eigenvalue weighted by Gasteiger charge is 2.16. The van der Waals surface area contributed by atoms with E-state index in [1.165, 1.54) is 4.68 Å². The van der Waals surface area contributed by atoms with Gasteiger partial charge in [-0.3, -0.25) is 4.79 Å². The number of aromatic nitrogens is 2. The number of anilines is 2. The Morgan fingerprint density at radius 3 is 2.73 bits per heavy atom. The van der Waals surface area contributed by atoms with Crippen LogP contribution >= 0.6 is 0 Å². The Balaban J connectivity index is 3.02. The smallest absolute Gasteiger partial charge is 0.228 e. The first-order chi connectivity index (χ1) is 6.97. The van der Waals surface area contributed by atoms with E-state index in [1.807, 2.05) is 6.07 Å². The number of carbonyl (C=O) groups excluding carboxylic acids is 1. The number of nitrogen functional groups attached to an aromatic ring is 1. The van der Waals surface area contributed by atoms with Crippen molar-refractivity contribution in [3.63, 3.8) is 0 Å². The molecule has 0 saturated heterocycles. The quantitative estimate of drug-likeness (QED) is 0.736. The number of nitrogens with two attached hydrogens (primary N) is 1. The molecule has 0 unspecified atom stereocenters. The number of nitrogens with zero attached hydrogens (tertiary/aromatic N) is 3. The van der Waals surface area contributed by atoms with Gasteiger partial charge in [0.2, 0.25) is 5.91 Å². The number of amides is 1. The lowest BCUT2D eigenvalue weighted by molar-refractivity contribution is -0.118. The van der Waals surface area contributed by atoms with Crippen LogP contribution in [0.25, 0.3) is 0 Å². The molecular weight excluding hydrogens is 194 g/mol. The van der Waals surface area contributed by atoms with Crippen LogP contribution < -0.4 is 11.1 Å². The highest BCUT2D eigenvalue weighted by Crippen LogP contribution is 2.19. The van der Waals surface area contributed by atoms with Gasteiger partial charge in [0.15, 0.2) is 5.82 Å². The highest BCUT2D eigenvalue weighted by atomic mass is 16.1. The van der Waals surface area contributed by atoms with Gasteiger partial charge in [0.25, 0.3) is 0 Å². The number of carbonyl (C=O) groups is 1. The molecule has 1 aromatic heterocycles. The Kier molecular flexibility index (Phi) is 2.95. The van der Waals surface area contributed by atoms with Gasteiger partial charge in [0, 0.05) is 13.0 Å². The van der Waals surface area contributed by atoms with Crippen LogP contribution in [0.2, 0.25) is 0 Å². The summed E-state index contributed by atoms with van der Waals surface area (Å²) in [5.74, 6) is 0.108. The van der Waals surface area contributed by atoms with Gasteiger partial charge in [-0.2, -0.15) is 10.4 Å². The lowest BCUT2D eigenvalue weighted by Crippen LogP contribution is -2.18. The molecule has 0 radical (unpaired) electrons. The number of hydrogen-bond acceptors (Lipinski definition) is 4. The lowest BCUT2D eigenvalue weighted by Gasteiger charge is -2.04. The Morgan fingerprint density at radius 1 is 1.67 bits per heavy atom. The molecule has 0 aliphatic heterocycles. The van der Waals surface area contributed by atoms with Crippen molar-refractivity contribution in [2.75, 3.05) is 11.1 Å². The largest absolute Gasteiger partial charge is 0.383 e. The molecule has 15 heavy (non-hydrogen) atoms. The minimum Gasteiger partial charge on any atom is -0.383 e. The topological polar surface area (TPSA) is 96.7 Å². The molecule has 80 valence electrons. The first-order valence-electron chi connectivity index (χ1n) is 4.50. The number of nitriles is 1. The maximum atomic E-state index is 11.4. The number of nitrogens with one attached hydrogen (secondary N) is 1. The van der Waals surface area contributed by atoms with E-state index in [9.17, 15) is 4.79 Å². The summed E-state index contributed by atoms with van der Waals surface area (Å²) in [6, 6.07) is 1.91. The van der Waals surface area contributed by atoms with E-state index in [-0.39, 0.29) is 29.0 Å². The average molecular weight is 207 g/mol. The van der Waals surface area contributed by atoms with E-state index in [0.717, 1.165) is 0 Å². The van der Waals surface area contributed by atoms with Gasteiger partial charge in [-0.1, -0.05) is 13.8 Å². The van der Waals surface area contributed by atoms with Crippen molar-refractivity contribution < 1.29 is 4.79 Å². The van der Waals surface area contributed by atoms with E-state index in [2.05, 4.69) is 10.4 Å². The summed E-state index contributed by atoms with van der Waals surface area (Å²) < 4.78 is 1.36. The third-order valence-corrected chi connectivity index (χ3v) is 1.97. The van der Waals surface area contributed by atoms with Crippen molar-refractivity contribution in [1.82, 2.24) is 9.78 Å². The minimum atomic E-state index is -0.190. The zero-order valence-electron chi connectivity index (χ0n) is 8.90. The summed E-state index contributed by atoms with van der Waals surface area (Å²) >= 11 is 0. The van der Waals surface area contributed by atoms with Crippen molar-refractivity contribution in [3.05, 3.63) is 5.56 Å². The van der Waals surface area contributed by atoms with Crippen LogP contribution in [0.4, 0.5) is 11.6 Å². The Hall–Kier alpha value is -2.03. The van der Waals surface area contributed by atoms with Crippen LogP contribution in [0, 0.1) is 17.2 Å². The highest BCUT2D eigenvalue weighted by molar-refractivity contribution is 5.93. The van der Waals surface area contributed by atoms with Gasteiger partial charge in [-0.15, -0.1) is 0 Å². The lowest BCUT2D eigenvalue weighted by atomic mass is 10.2. The molecule has 1 aromatic rings. The predicted octanol–water partition coefficient (Wildman–Crippen LogP) is 0.468. The molecule has 3 N–H and O–H groups in total. The van der Waals surface area contributed by atoms with Crippen LogP contribution in [0.3, 0.4) is 0 Å². The predicted molar refractivity (Wildman–Crippen MR) is 55.8 cm³/mol. The molecule has 1 heterocycles. The third-order valence-electron chi connectivity index (χ3n) is 1.97. The summed E-state index contributed by atoms with van der Waals surface area (Å²) in [6.45, 7) is 3.52. The van der Waals surface area contributed by atoms with Gasteiger partial charge >= 0.3 is 0 Å². The first kappa shape index (κ1) is 11.0. The maximum Gasteiger partial charge on any atom is 0.228 e. The zero-order chi connectivity index (χ0) is 11.6. The van der Waals surface area contributed by atoms with Crippen molar-refractivity contribution >= 4 is 17.5 Å². The monoisotopic (exact) mass is 207 g/mol. The van der Waals surface area contributed by atoms with Crippen LogP contribution in [0.1, 0.15) is 19.4 Å². The SMILES string of the molecule is CC(C)C(=O)Nc1nn(C)c(N)c1C#N. The maximum absolute atomic E-state index is 11.4. The normalized spacial score (nSPS) is 10.1. The minimum absolute atomic E-state index is 0.167. The molecule has 6 heteroatoms. The molecular formula is C9H13N5O. The Morgan fingerprint density at radius 2 is 2.27 bits per heavy atom. The number of aryl methyl sites for hydroxylation is 1. The molecule has 0 aromatic carbocycles. The molecule has 6 nitrogen and oxygen atoms in total. The summed E-state index contributed by atoms with van der Waals surface area (Å²) in [4.78, 5) is 11.4. The fourth-order valence-corrected chi connectivity index (χ4v) is 0.996. The van der Waals surface area contributed by atoms with Gasteiger partial charge in [0.1, 0.15) is 17.5 Å². The Bertz CT molecular complexity index is 426. The summed E-state index contributed by atoms with van der Waals surface area (Å²) in [5, 5.41) is 15.3. The van der Waals surface area contributed by atoms with E-state index in [1.54, 1.807) is 20.9 Å². The van der Waals surface area contributed by atoms with Gasteiger partial charge in [-0.25, -0.2) is 4.68 Å². The summed E-state index contributed by atoms with van der Waals surface area (Å²) in [5.41, 5.74) is 5.79. The third kappa shape index (κ3) is 2.07. The fourth-order valence-electron chi connectivity index (χ4n) is 0.996. The van der Waals surface area contributed by atoms with Gasteiger partial charge < -0.3 is 11.1 Å². The fraction of sp³-hybridized carbons (Fsp3) is 0.444. The first-order valence-corrected chi connectivity index (χ1v) is 4.50. The standard InChI is InChI=1S/C9H13N5O/c1-5(2)9(15)12-8-6(4-10)7(11)14(3)13-8/h5H,11H2,1-3H3,(H,12,13,15). The molecule has 1 amide bonds. The van der Waals surface area contributed by atoms with E-state index in [4.69, 9.17) is 11.0 Å². The zero-order valence-corrected chi connectivity index (χ0v) is 8.90. The van der Waals surface area contributed by atoms with Crippen LogP contribution in [-0.2, 0) is 11.8 Å². The second kappa shape index (κ2) is 4.00. The molecule has 0 atom stereocenters. The van der Waals surface area contributed by atoms with Crippen LogP contribution in [0.5, 0.6) is 0 Å². The van der Waals surface area contributed by atoms with Gasteiger partial charge in [-0.05, 0) is 0 Å². The molecule has 0 saturated carbocycles. The van der Waals surface area contributed by atoms with Crippen LogP contribution in [0.15, 0.2) is 0 Å². The van der Waals surface area contributed by atoms with Crippen LogP contribution in [-0.4, -0.2) is 15.7 Å². The Labute approximate surface area is 87.7 Å². The average Bonchev–Trinajstić information content (AvgIpc) is 2.42. The van der Waals surface area contributed by atoms with Crippen molar-refractivity contribution in [2.45, 2.75) is 13.8 Å². The molecule has 0 aliphatic carbocycles. The second-order valence-electron chi connectivity index (χ2n) is 3.49. The van der Waals surface area contributed by atoms with Crippen molar-refractivity contribution in [2.24, 2.45) is 13.0 Å². The molecule has 1 rings (SSSR count). The number of rotatable bonds is 2. The van der Waals surface area contributed by atoms with E-state index in [0.29, 0.717) is 0 Å². The summed E-state index contributed by atoms with van der Waals surface area (Å²) in [7, 11) is 1.61. The van der Waals surface area contributed by atoms with E-state index >= 15 is 0 Å². The second-order valence-corrected chi connectivity index (χ2v) is 3.49. The molecule has 0 fully saturated rings. The molecule has 0 bridgehead atoms. The van der Waals surface area contributed by atoms with Gasteiger partial charge in [0.05, 0.1) is 0 Å². The van der Waals surface area contributed by atoms with Crippen molar-refractivity contribution in [1.29, 1.82) is 5.26 Å². The van der Waals surface area contributed by atoms with E-state index < -0.39 is 0 Å². The molecule has 0 spiro atoms.